The maximum atomic E-state index is 12.3. The third-order valence-corrected chi connectivity index (χ3v) is 6.33. The van der Waals surface area contributed by atoms with Gasteiger partial charge in [-0.1, -0.05) is 18.6 Å². The predicted octanol–water partition coefficient (Wildman–Crippen LogP) is 1.86. The predicted molar refractivity (Wildman–Crippen MR) is 78.5 cm³/mol. The number of sulfonamides is 1. The van der Waals surface area contributed by atoms with E-state index in [1.54, 1.807) is 24.3 Å². The van der Waals surface area contributed by atoms with E-state index in [-0.39, 0.29) is 0 Å². The number of nitrogens with one attached hydrogen (secondary N) is 1. The molecule has 3 atom stereocenters. The first kappa shape index (κ1) is 14.0. The van der Waals surface area contributed by atoms with Crippen molar-refractivity contribution in [2.75, 3.05) is 6.54 Å². The molecule has 0 amide bonds. The minimum absolute atomic E-state index is 0.331. The van der Waals surface area contributed by atoms with Crippen molar-refractivity contribution in [2.24, 2.45) is 23.5 Å². The summed E-state index contributed by atoms with van der Waals surface area (Å²) in [6, 6.07) is 6.80. The molecule has 2 fully saturated rings. The Kier molecular flexibility index (Phi) is 3.84. The second kappa shape index (κ2) is 5.47. The highest BCUT2D eigenvalue weighted by molar-refractivity contribution is 7.89. The standard InChI is InChI=1S/C15H22N2O2S/c16-9-11-2-5-15(6-3-11)20(18,19)17-10-14-8-12-1-4-13(14)7-12/h2-3,5-6,12-14,17H,1,4,7-10,16H2. The molecular formula is C15H22N2O2S. The fraction of sp³-hybridized carbons (Fsp3) is 0.600. The summed E-state index contributed by atoms with van der Waals surface area (Å²) in [5.74, 6) is 2.12. The van der Waals surface area contributed by atoms with Gasteiger partial charge in [-0.25, -0.2) is 13.1 Å². The number of rotatable bonds is 5. The van der Waals surface area contributed by atoms with Crippen LogP contribution < -0.4 is 10.5 Å². The lowest BCUT2D eigenvalue weighted by Gasteiger charge is -2.21. The molecule has 2 aliphatic carbocycles. The minimum atomic E-state index is -3.38. The molecule has 0 saturated heterocycles. The molecule has 3 rings (SSSR count). The summed E-state index contributed by atoms with van der Waals surface area (Å²) in [6.07, 6.45) is 5.12. The van der Waals surface area contributed by atoms with Gasteiger partial charge in [0.25, 0.3) is 0 Å². The molecule has 1 aromatic carbocycles. The van der Waals surface area contributed by atoms with Crippen molar-refractivity contribution in [3.8, 4) is 0 Å². The van der Waals surface area contributed by atoms with E-state index in [1.807, 2.05) is 0 Å². The Morgan fingerprint density at radius 3 is 2.45 bits per heavy atom. The van der Waals surface area contributed by atoms with Crippen LogP contribution in [0.2, 0.25) is 0 Å². The molecule has 4 nitrogen and oxygen atoms in total. The Balaban J connectivity index is 1.63. The van der Waals surface area contributed by atoms with Gasteiger partial charge in [-0.05, 0) is 54.7 Å². The summed E-state index contributed by atoms with van der Waals surface area (Å²) in [7, 11) is -3.38. The fourth-order valence-electron chi connectivity index (χ4n) is 3.73. The number of nitrogens with two attached hydrogens (primary N) is 1. The van der Waals surface area contributed by atoms with Crippen LogP contribution in [-0.4, -0.2) is 15.0 Å². The van der Waals surface area contributed by atoms with Crippen LogP contribution in [0.4, 0.5) is 0 Å². The molecule has 110 valence electrons. The van der Waals surface area contributed by atoms with Crippen LogP contribution in [0.3, 0.4) is 0 Å². The van der Waals surface area contributed by atoms with Gasteiger partial charge in [0, 0.05) is 13.1 Å². The normalized spacial score (nSPS) is 28.9. The zero-order valence-electron chi connectivity index (χ0n) is 11.6. The van der Waals surface area contributed by atoms with Crippen LogP contribution in [0.5, 0.6) is 0 Å². The summed E-state index contributed by atoms with van der Waals surface area (Å²) in [5, 5.41) is 0. The molecule has 3 unspecified atom stereocenters. The Labute approximate surface area is 120 Å². The Morgan fingerprint density at radius 1 is 1.15 bits per heavy atom. The molecular weight excluding hydrogens is 272 g/mol. The van der Waals surface area contributed by atoms with Crippen LogP contribution >= 0.6 is 0 Å². The van der Waals surface area contributed by atoms with Gasteiger partial charge < -0.3 is 5.73 Å². The molecule has 0 spiro atoms. The molecule has 2 saturated carbocycles. The van der Waals surface area contributed by atoms with Crippen molar-refractivity contribution in [2.45, 2.75) is 37.1 Å². The lowest BCUT2D eigenvalue weighted by molar-refractivity contribution is 0.333. The van der Waals surface area contributed by atoms with E-state index < -0.39 is 10.0 Å². The molecule has 2 aliphatic rings. The van der Waals surface area contributed by atoms with E-state index >= 15 is 0 Å². The van der Waals surface area contributed by atoms with Crippen LogP contribution in [-0.2, 0) is 16.6 Å². The van der Waals surface area contributed by atoms with Gasteiger partial charge in [0.15, 0.2) is 0 Å². The van der Waals surface area contributed by atoms with Crippen LogP contribution in [0.15, 0.2) is 29.2 Å². The lowest BCUT2D eigenvalue weighted by atomic mass is 9.89. The van der Waals surface area contributed by atoms with Gasteiger partial charge in [-0.2, -0.15) is 0 Å². The molecule has 2 bridgehead atoms. The second-order valence-electron chi connectivity index (χ2n) is 6.13. The van der Waals surface area contributed by atoms with E-state index in [1.165, 1.54) is 25.7 Å². The average molecular weight is 294 g/mol. The fourth-order valence-corrected chi connectivity index (χ4v) is 4.83. The number of fused-ring (bicyclic) bond motifs is 2. The zero-order valence-corrected chi connectivity index (χ0v) is 12.4. The van der Waals surface area contributed by atoms with Crippen molar-refractivity contribution < 1.29 is 8.42 Å². The highest BCUT2D eigenvalue weighted by atomic mass is 32.2. The minimum Gasteiger partial charge on any atom is -0.326 e. The third kappa shape index (κ3) is 2.75. The highest BCUT2D eigenvalue weighted by Gasteiger charge is 2.39. The van der Waals surface area contributed by atoms with E-state index in [4.69, 9.17) is 5.73 Å². The molecule has 3 N–H and O–H groups in total. The van der Waals surface area contributed by atoms with Crippen molar-refractivity contribution in [1.29, 1.82) is 0 Å². The van der Waals surface area contributed by atoms with Crippen LogP contribution in [0.1, 0.15) is 31.2 Å². The van der Waals surface area contributed by atoms with Gasteiger partial charge in [0.1, 0.15) is 0 Å². The number of benzene rings is 1. The maximum Gasteiger partial charge on any atom is 0.240 e. The Hall–Kier alpha value is -0.910. The van der Waals surface area contributed by atoms with Gasteiger partial charge in [-0.3, -0.25) is 0 Å². The third-order valence-electron chi connectivity index (χ3n) is 4.89. The molecule has 0 aliphatic heterocycles. The SMILES string of the molecule is NCc1ccc(S(=O)(=O)NCC2CC3CCC2C3)cc1. The van der Waals surface area contributed by atoms with Crippen molar-refractivity contribution in [1.82, 2.24) is 4.72 Å². The number of hydrogen-bond acceptors (Lipinski definition) is 3. The summed E-state index contributed by atoms with van der Waals surface area (Å²) < 4.78 is 27.3. The van der Waals surface area contributed by atoms with E-state index in [0.717, 1.165) is 17.4 Å². The smallest absolute Gasteiger partial charge is 0.240 e. The second-order valence-corrected chi connectivity index (χ2v) is 7.90. The lowest BCUT2D eigenvalue weighted by Crippen LogP contribution is -2.31. The molecule has 5 heteroatoms. The monoisotopic (exact) mass is 294 g/mol. The van der Waals surface area contributed by atoms with Crippen LogP contribution in [0.25, 0.3) is 0 Å². The highest BCUT2D eigenvalue weighted by Crippen LogP contribution is 2.48. The largest absolute Gasteiger partial charge is 0.326 e. The Bertz CT molecular complexity index is 568. The van der Waals surface area contributed by atoms with Gasteiger partial charge in [0.05, 0.1) is 4.90 Å². The molecule has 0 radical (unpaired) electrons. The van der Waals surface area contributed by atoms with Crippen molar-refractivity contribution in [3.05, 3.63) is 29.8 Å². The molecule has 0 heterocycles. The van der Waals surface area contributed by atoms with E-state index in [9.17, 15) is 8.42 Å². The zero-order chi connectivity index (χ0) is 14.2. The number of hydrogen-bond donors (Lipinski definition) is 2. The molecule has 20 heavy (non-hydrogen) atoms. The average Bonchev–Trinajstić information content (AvgIpc) is 3.08. The first-order valence-electron chi connectivity index (χ1n) is 7.37. The topological polar surface area (TPSA) is 72.2 Å². The first-order chi connectivity index (χ1) is 9.58. The van der Waals surface area contributed by atoms with Gasteiger partial charge in [0.2, 0.25) is 10.0 Å². The summed E-state index contributed by atoms with van der Waals surface area (Å²) in [5.41, 5.74) is 6.46. The quantitative estimate of drug-likeness (QED) is 0.870. The molecule has 0 aromatic heterocycles. The summed E-state index contributed by atoms with van der Waals surface area (Å²) in [6.45, 7) is 1.01. The van der Waals surface area contributed by atoms with Crippen LogP contribution in [0, 0.1) is 17.8 Å². The van der Waals surface area contributed by atoms with E-state index in [2.05, 4.69) is 4.72 Å². The van der Waals surface area contributed by atoms with Gasteiger partial charge in [-0.15, -0.1) is 0 Å². The van der Waals surface area contributed by atoms with E-state index in [0.29, 0.717) is 23.9 Å². The van der Waals surface area contributed by atoms with Crippen molar-refractivity contribution in [3.63, 3.8) is 0 Å². The van der Waals surface area contributed by atoms with Crippen molar-refractivity contribution >= 4 is 10.0 Å². The van der Waals surface area contributed by atoms with Gasteiger partial charge >= 0.3 is 0 Å². The maximum absolute atomic E-state index is 12.3. The molecule has 1 aromatic rings. The first-order valence-corrected chi connectivity index (χ1v) is 8.85. The summed E-state index contributed by atoms with van der Waals surface area (Å²) >= 11 is 0. The Morgan fingerprint density at radius 2 is 1.90 bits per heavy atom. The summed E-state index contributed by atoms with van der Waals surface area (Å²) in [4.78, 5) is 0.331.